The minimum absolute atomic E-state index is 0.0409. The summed E-state index contributed by atoms with van der Waals surface area (Å²) in [6.07, 6.45) is 0. The number of aliphatic hydroxyl groups is 1. The summed E-state index contributed by atoms with van der Waals surface area (Å²) in [6.45, 7) is 6.44. The Morgan fingerprint density at radius 3 is 2.11 bits per heavy atom. The molecule has 1 aromatic rings. The second-order valence-corrected chi connectivity index (χ2v) is 6.67. The zero-order chi connectivity index (χ0) is 14.8. The number of aryl methyl sites for hydroxylation is 2. The average Bonchev–Trinajstić information content (AvgIpc) is 2.23. The van der Waals surface area contributed by atoms with Gasteiger partial charge < -0.3 is 5.11 Å². The zero-order valence-electron chi connectivity index (χ0n) is 11.6. The highest BCUT2D eigenvalue weighted by Gasteiger charge is 2.25. The minimum Gasteiger partial charge on any atom is -0.395 e. The van der Waals surface area contributed by atoms with Crippen molar-refractivity contribution in [1.82, 2.24) is 4.72 Å². The average molecular weight is 289 g/mol. The van der Waals surface area contributed by atoms with Crippen LogP contribution in [-0.4, -0.2) is 26.2 Å². The fourth-order valence-corrected chi connectivity index (χ4v) is 3.79. The largest absolute Gasteiger partial charge is 0.395 e. The van der Waals surface area contributed by atoms with Gasteiger partial charge in [0, 0.05) is 6.04 Å². The van der Waals surface area contributed by atoms with E-state index in [4.69, 9.17) is 0 Å². The Kier molecular flexibility index (Phi) is 5.06. The van der Waals surface area contributed by atoms with Gasteiger partial charge in [0.1, 0.15) is 5.82 Å². The predicted octanol–water partition coefficient (Wildman–Crippen LogP) is 1.74. The molecule has 0 radical (unpaired) electrons. The van der Waals surface area contributed by atoms with Gasteiger partial charge in [0.25, 0.3) is 0 Å². The maximum atomic E-state index is 13.2. The number of hydrogen-bond acceptors (Lipinski definition) is 3. The SMILES string of the molecule is Cc1cc(F)cc(C)c1S(=O)(=O)NC(CO)C(C)C. The van der Waals surface area contributed by atoms with Crippen LogP contribution in [0.1, 0.15) is 25.0 Å². The molecule has 1 rings (SSSR count). The summed E-state index contributed by atoms with van der Waals surface area (Å²) in [7, 11) is -3.77. The third kappa shape index (κ3) is 3.75. The molecule has 0 spiro atoms. The molecule has 4 nitrogen and oxygen atoms in total. The molecule has 6 heteroatoms. The Bertz CT molecular complexity index is 532. The van der Waals surface area contributed by atoms with Gasteiger partial charge in [-0.25, -0.2) is 17.5 Å². The fraction of sp³-hybridized carbons (Fsp3) is 0.538. The van der Waals surface area contributed by atoms with Crippen molar-refractivity contribution in [3.8, 4) is 0 Å². The van der Waals surface area contributed by atoms with E-state index in [-0.39, 0.29) is 17.4 Å². The number of sulfonamides is 1. The van der Waals surface area contributed by atoms with Crippen LogP contribution in [-0.2, 0) is 10.0 Å². The normalized spacial score (nSPS) is 13.8. The summed E-state index contributed by atoms with van der Waals surface area (Å²) in [4.78, 5) is 0.0769. The number of halogens is 1. The van der Waals surface area contributed by atoms with E-state index in [2.05, 4.69) is 4.72 Å². The van der Waals surface area contributed by atoms with Crippen molar-refractivity contribution >= 4 is 10.0 Å². The Morgan fingerprint density at radius 1 is 1.26 bits per heavy atom. The molecule has 1 aromatic carbocycles. The first-order valence-corrected chi connectivity index (χ1v) is 7.57. The summed E-state index contributed by atoms with van der Waals surface area (Å²) in [5, 5.41) is 9.20. The van der Waals surface area contributed by atoms with E-state index < -0.39 is 21.9 Å². The van der Waals surface area contributed by atoms with E-state index in [0.717, 1.165) is 0 Å². The van der Waals surface area contributed by atoms with Crippen LogP contribution >= 0.6 is 0 Å². The van der Waals surface area contributed by atoms with Crippen molar-refractivity contribution in [2.24, 2.45) is 5.92 Å². The summed E-state index contributed by atoms with van der Waals surface area (Å²) in [5.74, 6) is -0.502. The molecule has 0 saturated heterocycles. The lowest BCUT2D eigenvalue weighted by Gasteiger charge is -2.21. The van der Waals surface area contributed by atoms with Crippen molar-refractivity contribution < 1.29 is 17.9 Å². The number of hydrogen-bond donors (Lipinski definition) is 2. The second kappa shape index (κ2) is 5.98. The Labute approximate surface area is 113 Å². The topological polar surface area (TPSA) is 66.4 Å². The van der Waals surface area contributed by atoms with Crippen LogP contribution in [0.2, 0.25) is 0 Å². The molecule has 2 N–H and O–H groups in total. The highest BCUT2D eigenvalue weighted by Crippen LogP contribution is 2.22. The molecule has 0 fully saturated rings. The van der Waals surface area contributed by atoms with Crippen molar-refractivity contribution in [3.05, 3.63) is 29.1 Å². The van der Waals surface area contributed by atoms with Gasteiger partial charge in [-0.1, -0.05) is 13.8 Å². The molecule has 1 atom stereocenters. The molecule has 1 unspecified atom stereocenters. The lowest BCUT2D eigenvalue weighted by molar-refractivity contribution is 0.227. The molecule has 0 aliphatic carbocycles. The smallest absolute Gasteiger partial charge is 0.241 e. The van der Waals surface area contributed by atoms with E-state index in [1.165, 1.54) is 12.1 Å². The maximum absolute atomic E-state index is 13.2. The second-order valence-electron chi connectivity index (χ2n) is 5.02. The van der Waals surface area contributed by atoms with Gasteiger partial charge in [-0.05, 0) is 43.0 Å². The molecular formula is C13H20FNO3S. The van der Waals surface area contributed by atoms with Crippen LogP contribution in [0.3, 0.4) is 0 Å². The molecule has 0 saturated carbocycles. The quantitative estimate of drug-likeness (QED) is 0.867. The highest BCUT2D eigenvalue weighted by atomic mass is 32.2. The Balaban J connectivity index is 3.21. The van der Waals surface area contributed by atoms with Crippen molar-refractivity contribution in [2.45, 2.75) is 38.6 Å². The number of benzene rings is 1. The van der Waals surface area contributed by atoms with Gasteiger partial charge >= 0.3 is 0 Å². The lowest BCUT2D eigenvalue weighted by Crippen LogP contribution is -2.41. The molecule has 0 heterocycles. The van der Waals surface area contributed by atoms with E-state index in [9.17, 15) is 17.9 Å². The molecule has 0 aliphatic rings. The van der Waals surface area contributed by atoms with Gasteiger partial charge in [0.05, 0.1) is 11.5 Å². The molecule has 0 aliphatic heterocycles. The predicted molar refractivity (Wildman–Crippen MR) is 71.9 cm³/mol. The minimum atomic E-state index is -3.77. The summed E-state index contributed by atoms with van der Waals surface area (Å²) < 4.78 is 40.3. The van der Waals surface area contributed by atoms with Crippen LogP contribution in [0.5, 0.6) is 0 Å². The first kappa shape index (κ1) is 16.1. The maximum Gasteiger partial charge on any atom is 0.241 e. The van der Waals surface area contributed by atoms with Crippen LogP contribution in [0, 0.1) is 25.6 Å². The first-order valence-electron chi connectivity index (χ1n) is 6.09. The van der Waals surface area contributed by atoms with Gasteiger partial charge in [-0.3, -0.25) is 0 Å². The van der Waals surface area contributed by atoms with Crippen molar-refractivity contribution in [3.63, 3.8) is 0 Å². The molecule has 0 aromatic heterocycles. The van der Waals surface area contributed by atoms with Crippen LogP contribution in [0.25, 0.3) is 0 Å². The molecule has 0 amide bonds. The Hall–Kier alpha value is -0.980. The summed E-state index contributed by atoms with van der Waals surface area (Å²) in [5.41, 5.74) is 0.705. The van der Waals surface area contributed by atoms with E-state index in [0.29, 0.717) is 11.1 Å². The van der Waals surface area contributed by atoms with Crippen molar-refractivity contribution in [1.29, 1.82) is 0 Å². The Morgan fingerprint density at radius 2 is 1.74 bits per heavy atom. The summed E-state index contributed by atoms with van der Waals surface area (Å²) in [6, 6.07) is 1.81. The summed E-state index contributed by atoms with van der Waals surface area (Å²) >= 11 is 0. The molecular weight excluding hydrogens is 269 g/mol. The first-order chi connectivity index (χ1) is 8.69. The number of aliphatic hydroxyl groups excluding tert-OH is 1. The highest BCUT2D eigenvalue weighted by molar-refractivity contribution is 7.89. The standard InChI is InChI=1S/C13H20FNO3S/c1-8(2)12(7-16)15-19(17,18)13-9(3)5-11(14)6-10(13)4/h5-6,8,12,15-16H,7H2,1-4H3. The van der Waals surface area contributed by atoms with Crippen LogP contribution < -0.4 is 4.72 Å². The number of rotatable bonds is 5. The van der Waals surface area contributed by atoms with Crippen molar-refractivity contribution in [2.75, 3.05) is 6.61 Å². The third-order valence-electron chi connectivity index (χ3n) is 3.00. The van der Waals surface area contributed by atoms with Crippen LogP contribution in [0.4, 0.5) is 4.39 Å². The van der Waals surface area contributed by atoms with E-state index in [1.54, 1.807) is 13.8 Å². The van der Waals surface area contributed by atoms with E-state index in [1.807, 2.05) is 13.8 Å². The van der Waals surface area contributed by atoms with Gasteiger partial charge in [-0.2, -0.15) is 0 Å². The van der Waals surface area contributed by atoms with E-state index >= 15 is 0 Å². The third-order valence-corrected chi connectivity index (χ3v) is 4.80. The monoisotopic (exact) mass is 289 g/mol. The van der Waals surface area contributed by atoms with Gasteiger partial charge in [0.2, 0.25) is 10.0 Å². The lowest BCUT2D eigenvalue weighted by atomic mass is 10.1. The van der Waals surface area contributed by atoms with Gasteiger partial charge in [-0.15, -0.1) is 0 Å². The fourth-order valence-electron chi connectivity index (χ4n) is 1.96. The van der Waals surface area contributed by atoms with Gasteiger partial charge in [0.15, 0.2) is 0 Å². The van der Waals surface area contributed by atoms with Crippen LogP contribution in [0.15, 0.2) is 17.0 Å². The zero-order valence-corrected chi connectivity index (χ0v) is 12.4. The molecule has 108 valence electrons. The molecule has 0 bridgehead atoms. The number of nitrogens with one attached hydrogen (secondary N) is 1. The molecule has 19 heavy (non-hydrogen) atoms.